The average molecular weight is 370 g/mol. The molecule has 0 radical (unpaired) electrons. The number of hydrogen-bond donors (Lipinski definition) is 1. The van der Waals surface area contributed by atoms with E-state index >= 15 is 0 Å². The standard InChI is InChI=1S/C23H31NO3/c1-20(2,25)16-13-21-8-9-23(16,26-4)19-22(21)10-11-24(3)17(21)12-14-6-5-7-15(27-19)18(14)22/h5-7,16-17,19,25H,8-13H2,1-4H3/t16-,17-,19-,21-,22+,23-/m1/s1. The highest BCUT2D eigenvalue weighted by molar-refractivity contribution is 5.58. The minimum Gasteiger partial charge on any atom is -0.486 e. The largest absolute Gasteiger partial charge is 0.486 e. The van der Waals surface area contributed by atoms with E-state index in [1.54, 1.807) is 0 Å². The molecule has 27 heavy (non-hydrogen) atoms. The van der Waals surface area contributed by atoms with Crippen molar-refractivity contribution in [1.82, 2.24) is 4.90 Å². The predicted molar refractivity (Wildman–Crippen MR) is 103 cm³/mol. The molecule has 4 bridgehead atoms. The highest BCUT2D eigenvalue weighted by Gasteiger charge is 2.81. The van der Waals surface area contributed by atoms with Crippen LogP contribution in [-0.4, -0.2) is 54.1 Å². The fourth-order valence-corrected chi connectivity index (χ4v) is 8.48. The van der Waals surface area contributed by atoms with Gasteiger partial charge in [0.1, 0.15) is 17.5 Å². The Morgan fingerprint density at radius 2 is 2.07 bits per heavy atom. The van der Waals surface area contributed by atoms with E-state index < -0.39 is 11.2 Å². The molecule has 1 saturated heterocycles. The molecule has 3 saturated carbocycles. The van der Waals surface area contributed by atoms with Crippen LogP contribution in [0.1, 0.15) is 50.7 Å². The van der Waals surface area contributed by atoms with Gasteiger partial charge in [-0.15, -0.1) is 0 Å². The molecular formula is C23H31NO3. The van der Waals surface area contributed by atoms with Crippen LogP contribution < -0.4 is 4.74 Å². The maximum atomic E-state index is 11.2. The summed E-state index contributed by atoms with van der Waals surface area (Å²) < 4.78 is 13.2. The van der Waals surface area contributed by atoms with E-state index in [2.05, 4.69) is 30.1 Å². The zero-order chi connectivity index (χ0) is 18.8. The molecule has 6 atom stereocenters. The zero-order valence-corrected chi connectivity index (χ0v) is 16.9. The van der Waals surface area contributed by atoms with Gasteiger partial charge in [0, 0.05) is 35.5 Å². The number of ether oxygens (including phenoxy) is 2. The quantitative estimate of drug-likeness (QED) is 0.870. The van der Waals surface area contributed by atoms with Crippen LogP contribution in [0.2, 0.25) is 0 Å². The number of rotatable bonds is 2. The van der Waals surface area contributed by atoms with Gasteiger partial charge in [0.05, 0.1) is 5.60 Å². The van der Waals surface area contributed by atoms with Crippen LogP contribution in [0.25, 0.3) is 0 Å². The topological polar surface area (TPSA) is 41.9 Å². The third-order valence-electron chi connectivity index (χ3n) is 9.38. The van der Waals surface area contributed by atoms with Gasteiger partial charge in [0.15, 0.2) is 0 Å². The summed E-state index contributed by atoms with van der Waals surface area (Å²) in [4.78, 5) is 2.60. The first-order valence-corrected chi connectivity index (χ1v) is 10.6. The highest BCUT2D eigenvalue weighted by Crippen LogP contribution is 2.76. The molecule has 4 heteroatoms. The second-order valence-electron chi connectivity index (χ2n) is 10.4. The summed E-state index contributed by atoms with van der Waals surface area (Å²) in [7, 11) is 4.15. The average Bonchev–Trinajstić information content (AvgIpc) is 3.00. The molecular weight excluding hydrogens is 338 g/mol. The number of hydrogen-bond acceptors (Lipinski definition) is 4. The second-order valence-corrected chi connectivity index (χ2v) is 10.4. The molecule has 2 heterocycles. The molecule has 7 rings (SSSR count). The van der Waals surface area contributed by atoms with E-state index in [1.165, 1.54) is 17.5 Å². The van der Waals surface area contributed by atoms with E-state index in [0.717, 1.165) is 38.0 Å². The lowest BCUT2D eigenvalue weighted by molar-refractivity contribution is -0.298. The Hall–Kier alpha value is -1.10. The molecule has 2 spiro atoms. The number of nitrogens with zero attached hydrogens (tertiary/aromatic N) is 1. The van der Waals surface area contributed by atoms with Crippen LogP contribution in [-0.2, 0) is 16.6 Å². The Labute approximate surface area is 161 Å². The first kappa shape index (κ1) is 16.8. The third kappa shape index (κ3) is 1.58. The molecule has 1 aromatic rings. The SMILES string of the molecule is CO[C@]12CC[C@@]3(C[C@@H]1C(C)(C)O)[C@H]1Cc4cccc5c4[C@@]3(CCN1C)[C@H]2O5. The molecule has 2 aliphatic heterocycles. The summed E-state index contributed by atoms with van der Waals surface area (Å²) in [5, 5.41) is 11.2. The summed E-state index contributed by atoms with van der Waals surface area (Å²) >= 11 is 0. The van der Waals surface area contributed by atoms with Gasteiger partial charge >= 0.3 is 0 Å². The molecule has 4 fully saturated rings. The first-order valence-electron chi connectivity index (χ1n) is 10.6. The lowest BCUT2D eigenvalue weighted by Crippen LogP contribution is -2.82. The number of likely N-dealkylation sites (tertiary alicyclic amines) is 1. The predicted octanol–water partition coefficient (Wildman–Crippen LogP) is 2.90. The van der Waals surface area contributed by atoms with Crippen LogP contribution in [0, 0.1) is 11.3 Å². The molecule has 4 aliphatic carbocycles. The summed E-state index contributed by atoms with van der Waals surface area (Å²) in [5.41, 5.74) is 2.01. The first-order chi connectivity index (χ1) is 12.8. The summed E-state index contributed by atoms with van der Waals surface area (Å²) in [6.45, 7) is 5.06. The minimum atomic E-state index is -0.781. The maximum absolute atomic E-state index is 11.2. The van der Waals surface area contributed by atoms with Crippen LogP contribution >= 0.6 is 0 Å². The van der Waals surface area contributed by atoms with Crippen molar-refractivity contribution in [2.24, 2.45) is 11.3 Å². The number of fused-ring (bicyclic) bond motifs is 2. The Bertz CT molecular complexity index is 831. The van der Waals surface area contributed by atoms with Crippen molar-refractivity contribution in [1.29, 1.82) is 0 Å². The van der Waals surface area contributed by atoms with Crippen molar-refractivity contribution in [3.05, 3.63) is 29.3 Å². The van der Waals surface area contributed by atoms with Crippen LogP contribution in [0.4, 0.5) is 0 Å². The fraction of sp³-hybridized carbons (Fsp3) is 0.739. The van der Waals surface area contributed by atoms with Crippen LogP contribution in [0.15, 0.2) is 18.2 Å². The van der Waals surface area contributed by atoms with E-state index in [4.69, 9.17) is 9.47 Å². The van der Waals surface area contributed by atoms with E-state index in [-0.39, 0.29) is 22.9 Å². The lowest BCUT2D eigenvalue weighted by atomic mass is 9.34. The van der Waals surface area contributed by atoms with Crippen molar-refractivity contribution >= 4 is 0 Å². The van der Waals surface area contributed by atoms with Gasteiger partial charge in [-0.25, -0.2) is 0 Å². The number of likely N-dealkylation sites (N-methyl/N-ethyl adjacent to an activating group) is 1. The van der Waals surface area contributed by atoms with Gasteiger partial charge in [0.25, 0.3) is 0 Å². The van der Waals surface area contributed by atoms with E-state index in [9.17, 15) is 5.11 Å². The highest BCUT2D eigenvalue weighted by atomic mass is 16.6. The summed E-state index contributed by atoms with van der Waals surface area (Å²) in [5.74, 6) is 1.18. The van der Waals surface area contributed by atoms with Gasteiger partial charge < -0.3 is 19.5 Å². The van der Waals surface area contributed by atoms with Gasteiger partial charge in [0.2, 0.25) is 0 Å². The Morgan fingerprint density at radius 1 is 1.26 bits per heavy atom. The normalized spacial score (nSPS) is 46.9. The number of piperidine rings is 1. The van der Waals surface area contributed by atoms with E-state index in [1.807, 2.05) is 21.0 Å². The fourth-order valence-electron chi connectivity index (χ4n) is 8.48. The molecule has 6 aliphatic rings. The van der Waals surface area contributed by atoms with Crippen LogP contribution in [0.5, 0.6) is 5.75 Å². The Balaban J connectivity index is 1.68. The minimum absolute atomic E-state index is 0.0153. The molecule has 146 valence electrons. The van der Waals surface area contributed by atoms with E-state index in [0.29, 0.717) is 6.04 Å². The number of methoxy groups -OCH3 is 1. The van der Waals surface area contributed by atoms with Gasteiger partial charge in [-0.3, -0.25) is 0 Å². The molecule has 0 unspecified atom stereocenters. The van der Waals surface area contributed by atoms with Gasteiger partial charge in [-0.1, -0.05) is 12.1 Å². The Kier molecular flexibility index (Phi) is 2.94. The number of benzene rings is 1. The zero-order valence-electron chi connectivity index (χ0n) is 16.9. The van der Waals surface area contributed by atoms with Crippen molar-refractivity contribution in [2.45, 2.75) is 74.7 Å². The lowest BCUT2D eigenvalue weighted by Gasteiger charge is -2.74. The van der Waals surface area contributed by atoms with Crippen molar-refractivity contribution < 1.29 is 14.6 Å². The molecule has 0 amide bonds. The van der Waals surface area contributed by atoms with Gasteiger partial charge in [-0.2, -0.15) is 0 Å². The second kappa shape index (κ2) is 4.72. The van der Waals surface area contributed by atoms with Crippen molar-refractivity contribution in [3.8, 4) is 5.75 Å². The summed E-state index contributed by atoms with van der Waals surface area (Å²) in [6, 6.07) is 7.17. The third-order valence-corrected chi connectivity index (χ3v) is 9.38. The molecule has 4 nitrogen and oxygen atoms in total. The molecule has 1 aromatic carbocycles. The van der Waals surface area contributed by atoms with Crippen molar-refractivity contribution in [2.75, 3.05) is 20.7 Å². The summed E-state index contributed by atoms with van der Waals surface area (Å²) in [6.07, 6.45) is 5.46. The van der Waals surface area contributed by atoms with Gasteiger partial charge in [-0.05, 0) is 71.2 Å². The van der Waals surface area contributed by atoms with Crippen LogP contribution in [0.3, 0.4) is 0 Å². The number of aliphatic hydroxyl groups is 1. The maximum Gasteiger partial charge on any atom is 0.138 e. The Morgan fingerprint density at radius 3 is 2.81 bits per heavy atom. The smallest absolute Gasteiger partial charge is 0.138 e. The molecule has 0 aromatic heterocycles. The molecule has 1 N–H and O–H groups in total. The van der Waals surface area contributed by atoms with Crippen molar-refractivity contribution in [3.63, 3.8) is 0 Å². The monoisotopic (exact) mass is 369 g/mol.